The van der Waals surface area contributed by atoms with Crippen LogP contribution in [-0.2, 0) is 6.42 Å². The van der Waals surface area contributed by atoms with Crippen LogP contribution in [0.15, 0.2) is 35.1 Å². The van der Waals surface area contributed by atoms with Gasteiger partial charge >= 0.3 is 0 Å². The smallest absolute Gasteiger partial charge is 0.248 e. The van der Waals surface area contributed by atoms with Gasteiger partial charge < -0.3 is 4.98 Å². The molecular weight excluding hydrogens is 222 g/mol. The number of fused-ring (bicyclic) bond motifs is 1. The Morgan fingerprint density at radius 3 is 2.81 bits per heavy atom. The fraction of sp³-hybridized carbons (Fsp3) is 0.308. The second kappa shape index (κ2) is 5.17. The molecule has 1 N–H and O–H groups in total. The second-order valence-electron chi connectivity index (χ2n) is 3.89. The minimum Gasteiger partial charge on any atom is -0.322 e. The van der Waals surface area contributed by atoms with Gasteiger partial charge in [0.05, 0.1) is 0 Å². The lowest BCUT2D eigenvalue weighted by molar-refractivity contribution is 0.800. The van der Waals surface area contributed by atoms with Crippen molar-refractivity contribution in [1.82, 2.24) is 4.98 Å². The van der Waals surface area contributed by atoms with Crippen molar-refractivity contribution in [2.24, 2.45) is 0 Å². The first-order chi connectivity index (χ1) is 7.79. The molecule has 0 aliphatic rings. The van der Waals surface area contributed by atoms with Gasteiger partial charge in [0.2, 0.25) is 5.56 Å². The molecule has 0 spiro atoms. The minimum absolute atomic E-state index is 0.0533. The van der Waals surface area contributed by atoms with Gasteiger partial charge in [0.15, 0.2) is 0 Å². The number of aryl methyl sites for hydroxylation is 1. The highest BCUT2D eigenvalue weighted by Gasteiger charge is 1.97. The summed E-state index contributed by atoms with van der Waals surface area (Å²) in [6, 6.07) is 9.57. The van der Waals surface area contributed by atoms with Crippen molar-refractivity contribution < 1.29 is 0 Å². The van der Waals surface area contributed by atoms with Gasteiger partial charge in [-0.3, -0.25) is 4.79 Å². The van der Waals surface area contributed by atoms with Crippen LogP contribution >= 0.6 is 11.6 Å². The van der Waals surface area contributed by atoms with E-state index in [4.69, 9.17) is 11.6 Å². The molecule has 2 nitrogen and oxygen atoms in total. The molecule has 0 atom stereocenters. The van der Waals surface area contributed by atoms with Crippen molar-refractivity contribution in [3.8, 4) is 0 Å². The molecular formula is C13H14ClNO. The number of hydrogen-bond donors (Lipinski definition) is 1. The van der Waals surface area contributed by atoms with Crippen LogP contribution in [0, 0.1) is 0 Å². The maximum absolute atomic E-state index is 11.1. The Labute approximate surface area is 99.3 Å². The lowest BCUT2D eigenvalue weighted by atomic mass is 10.1. The summed E-state index contributed by atoms with van der Waals surface area (Å²) < 4.78 is 0. The van der Waals surface area contributed by atoms with E-state index in [0.29, 0.717) is 0 Å². The summed E-state index contributed by atoms with van der Waals surface area (Å²) in [5.74, 6) is 0.723. The molecule has 3 heteroatoms. The summed E-state index contributed by atoms with van der Waals surface area (Å²) in [7, 11) is 0. The van der Waals surface area contributed by atoms with Crippen molar-refractivity contribution in [2.75, 3.05) is 5.88 Å². The molecule has 0 saturated carbocycles. The number of aromatic amines is 1. The van der Waals surface area contributed by atoms with Gasteiger partial charge in [-0.2, -0.15) is 0 Å². The zero-order valence-electron chi connectivity index (χ0n) is 9.00. The molecule has 2 aromatic rings. The molecule has 0 unspecified atom stereocenters. The highest BCUT2D eigenvalue weighted by atomic mass is 35.5. The van der Waals surface area contributed by atoms with Crippen LogP contribution in [0.2, 0.25) is 0 Å². The maximum Gasteiger partial charge on any atom is 0.248 e. The Hall–Kier alpha value is -1.28. The van der Waals surface area contributed by atoms with E-state index in [-0.39, 0.29) is 5.56 Å². The normalized spacial score (nSPS) is 10.8. The highest BCUT2D eigenvalue weighted by Crippen LogP contribution is 2.14. The van der Waals surface area contributed by atoms with Crippen LogP contribution in [0.3, 0.4) is 0 Å². The lowest BCUT2D eigenvalue weighted by Crippen LogP contribution is -2.02. The molecule has 84 valence electrons. The number of unbranched alkanes of at least 4 members (excludes halogenated alkanes) is 1. The second-order valence-corrected chi connectivity index (χ2v) is 4.27. The van der Waals surface area contributed by atoms with Crippen LogP contribution in [0.5, 0.6) is 0 Å². The zero-order chi connectivity index (χ0) is 11.4. The quantitative estimate of drug-likeness (QED) is 0.641. The van der Waals surface area contributed by atoms with Crippen LogP contribution in [0.4, 0.5) is 0 Å². The Balaban J connectivity index is 2.23. The predicted molar refractivity (Wildman–Crippen MR) is 68.2 cm³/mol. The number of H-pyrrole nitrogens is 1. The summed E-state index contributed by atoms with van der Waals surface area (Å²) in [5, 5.41) is 1.09. The Morgan fingerprint density at radius 1 is 1.12 bits per heavy atom. The molecule has 0 radical (unpaired) electrons. The number of nitrogens with one attached hydrogen (secondary N) is 1. The van der Waals surface area contributed by atoms with Crippen LogP contribution in [-0.4, -0.2) is 10.9 Å². The van der Waals surface area contributed by atoms with Gasteiger partial charge in [0.1, 0.15) is 0 Å². The third-order valence-electron chi connectivity index (χ3n) is 2.64. The molecule has 1 aromatic heterocycles. The SMILES string of the molecule is O=c1ccc2cc(CCCCCl)ccc2[nH]1. The minimum atomic E-state index is -0.0533. The van der Waals surface area contributed by atoms with Crippen molar-refractivity contribution in [1.29, 1.82) is 0 Å². The summed E-state index contributed by atoms with van der Waals surface area (Å²) in [5.41, 5.74) is 2.14. The van der Waals surface area contributed by atoms with Crippen molar-refractivity contribution in [3.63, 3.8) is 0 Å². The highest BCUT2D eigenvalue weighted by molar-refractivity contribution is 6.17. The first kappa shape index (κ1) is 11.2. The van der Waals surface area contributed by atoms with Gasteiger partial charge in [-0.05, 0) is 48.4 Å². The largest absolute Gasteiger partial charge is 0.322 e. The van der Waals surface area contributed by atoms with E-state index in [0.717, 1.165) is 36.0 Å². The number of benzene rings is 1. The molecule has 2 rings (SSSR count). The Bertz CT molecular complexity index is 533. The fourth-order valence-electron chi connectivity index (χ4n) is 1.78. The first-order valence-corrected chi connectivity index (χ1v) is 6.01. The van der Waals surface area contributed by atoms with Gasteiger partial charge in [-0.25, -0.2) is 0 Å². The fourth-order valence-corrected chi connectivity index (χ4v) is 1.97. The molecule has 0 amide bonds. The van der Waals surface area contributed by atoms with E-state index in [2.05, 4.69) is 17.1 Å². The summed E-state index contributed by atoms with van der Waals surface area (Å²) in [4.78, 5) is 13.9. The topological polar surface area (TPSA) is 32.9 Å². The van der Waals surface area contributed by atoms with E-state index in [9.17, 15) is 4.79 Å². The number of hydrogen-bond acceptors (Lipinski definition) is 1. The van der Waals surface area contributed by atoms with Crippen LogP contribution < -0.4 is 5.56 Å². The van der Waals surface area contributed by atoms with E-state index in [1.165, 1.54) is 5.56 Å². The van der Waals surface area contributed by atoms with E-state index in [1.807, 2.05) is 12.1 Å². The lowest BCUT2D eigenvalue weighted by Gasteiger charge is -2.02. The molecule has 0 fully saturated rings. The van der Waals surface area contributed by atoms with Gasteiger partial charge in [0, 0.05) is 17.5 Å². The number of alkyl halides is 1. The summed E-state index contributed by atoms with van der Waals surface area (Å²) in [6.45, 7) is 0. The molecule has 0 saturated heterocycles. The molecule has 1 heterocycles. The third kappa shape index (κ3) is 2.64. The Kier molecular flexibility index (Phi) is 3.62. The van der Waals surface area contributed by atoms with Crippen LogP contribution in [0.1, 0.15) is 18.4 Å². The molecule has 16 heavy (non-hydrogen) atoms. The van der Waals surface area contributed by atoms with E-state index < -0.39 is 0 Å². The van der Waals surface area contributed by atoms with Gasteiger partial charge in [0.25, 0.3) is 0 Å². The number of pyridine rings is 1. The zero-order valence-corrected chi connectivity index (χ0v) is 9.76. The summed E-state index contributed by atoms with van der Waals surface area (Å²) in [6.07, 6.45) is 3.20. The monoisotopic (exact) mass is 235 g/mol. The average molecular weight is 236 g/mol. The van der Waals surface area contributed by atoms with Crippen molar-refractivity contribution in [3.05, 3.63) is 46.2 Å². The van der Waals surface area contributed by atoms with E-state index >= 15 is 0 Å². The van der Waals surface area contributed by atoms with Gasteiger partial charge in [-0.1, -0.05) is 6.07 Å². The predicted octanol–water partition coefficient (Wildman–Crippen LogP) is 3.09. The van der Waals surface area contributed by atoms with Crippen molar-refractivity contribution >= 4 is 22.5 Å². The maximum atomic E-state index is 11.1. The average Bonchev–Trinajstić information content (AvgIpc) is 2.29. The first-order valence-electron chi connectivity index (χ1n) is 5.47. The number of halogens is 1. The standard InChI is InChI=1S/C13H14ClNO/c14-8-2-1-3-10-4-6-12-11(9-10)5-7-13(16)15-12/h4-7,9H,1-3,8H2,(H,15,16). The third-order valence-corrected chi connectivity index (χ3v) is 2.90. The Morgan fingerprint density at radius 2 is 2.00 bits per heavy atom. The molecule has 0 bridgehead atoms. The van der Waals surface area contributed by atoms with Crippen LogP contribution in [0.25, 0.3) is 10.9 Å². The number of aromatic nitrogens is 1. The molecule has 1 aromatic carbocycles. The molecule has 0 aliphatic heterocycles. The van der Waals surface area contributed by atoms with Crippen molar-refractivity contribution in [2.45, 2.75) is 19.3 Å². The number of rotatable bonds is 4. The summed E-state index contributed by atoms with van der Waals surface area (Å²) >= 11 is 5.64. The van der Waals surface area contributed by atoms with E-state index in [1.54, 1.807) is 6.07 Å². The van der Waals surface area contributed by atoms with Gasteiger partial charge in [-0.15, -0.1) is 11.6 Å². The molecule has 0 aliphatic carbocycles.